The summed E-state index contributed by atoms with van der Waals surface area (Å²) in [6.07, 6.45) is 2.59. The third kappa shape index (κ3) is 6.48. The molecular weight excluding hydrogens is 381 g/mol. The summed E-state index contributed by atoms with van der Waals surface area (Å²) in [4.78, 5) is 12.5. The van der Waals surface area contributed by atoms with E-state index >= 15 is 0 Å². The summed E-state index contributed by atoms with van der Waals surface area (Å²) in [5.74, 6) is -0.320. The minimum Gasteiger partial charge on any atom is -0.489 e. The maximum atomic E-state index is 13.0. The van der Waals surface area contributed by atoms with E-state index in [4.69, 9.17) is 27.8 Å². The first-order valence-electron chi connectivity index (χ1n) is 8.37. The second-order valence-electron chi connectivity index (χ2n) is 5.87. The maximum Gasteiger partial charge on any atom is 0.250 e. The Morgan fingerprint density at radius 1 is 1.18 bits per heavy atom. The number of ether oxygens (including phenoxy) is 1. The normalized spacial score (nSPS) is 11.8. The Balaban J connectivity index is 2.03. The van der Waals surface area contributed by atoms with Gasteiger partial charge in [0, 0.05) is 18.4 Å². The van der Waals surface area contributed by atoms with Crippen LogP contribution in [0.1, 0.15) is 11.1 Å². The summed E-state index contributed by atoms with van der Waals surface area (Å²) in [7, 11) is 0. The van der Waals surface area contributed by atoms with Gasteiger partial charge in [-0.25, -0.2) is 4.39 Å². The van der Waals surface area contributed by atoms with Crippen LogP contribution in [0.4, 0.5) is 4.39 Å². The fourth-order valence-corrected chi connectivity index (χ4v) is 2.34. The fraction of sp³-hybridized carbons (Fsp3) is 0.0952. The van der Waals surface area contributed by atoms with Gasteiger partial charge in [-0.3, -0.25) is 4.79 Å². The van der Waals surface area contributed by atoms with E-state index in [1.807, 2.05) is 24.3 Å². The first-order valence-corrected chi connectivity index (χ1v) is 8.75. The van der Waals surface area contributed by atoms with Crippen molar-refractivity contribution >= 4 is 23.2 Å². The summed E-state index contributed by atoms with van der Waals surface area (Å²) >= 11 is 5.93. The zero-order valence-corrected chi connectivity index (χ0v) is 15.9. The molecule has 0 bridgehead atoms. The largest absolute Gasteiger partial charge is 0.489 e. The van der Waals surface area contributed by atoms with Gasteiger partial charge in [0.15, 0.2) is 0 Å². The molecule has 0 saturated heterocycles. The van der Waals surface area contributed by atoms with Crippen LogP contribution in [0.3, 0.4) is 0 Å². The second-order valence-corrected chi connectivity index (χ2v) is 6.30. The van der Waals surface area contributed by atoms with E-state index in [-0.39, 0.29) is 28.9 Å². The molecule has 1 amide bonds. The van der Waals surface area contributed by atoms with Gasteiger partial charge in [0.2, 0.25) is 0 Å². The molecule has 0 saturated carbocycles. The van der Waals surface area contributed by atoms with Gasteiger partial charge >= 0.3 is 0 Å². The lowest BCUT2D eigenvalue weighted by molar-refractivity contribution is -0.118. The van der Waals surface area contributed by atoms with E-state index in [0.29, 0.717) is 18.0 Å². The van der Waals surface area contributed by atoms with Gasteiger partial charge in [0.25, 0.3) is 5.91 Å². The van der Waals surface area contributed by atoms with E-state index < -0.39 is 0 Å². The Bertz CT molecular complexity index is 891. The average molecular weight is 402 g/mol. The first kappa shape index (κ1) is 21.1. The van der Waals surface area contributed by atoms with Crippen molar-refractivity contribution < 1.29 is 13.9 Å². The molecule has 0 spiro atoms. The van der Waals surface area contributed by atoms with Crippen molar-refractivity contribution in [1.82, 2.24) is 5.32 Å². The van der Waals surface area contributed by atoms with E-state index in [1.54, 1.807) is 0 Å². The highest BCUT2D eigenvalue weighted by Crippen LogP contribution is 2.14. The summed E-state index contributed by atoms with van der Waals surface area (Å²) in [5, 5.41) is 2.99. The lowest BCUT2D eigenvalue weighted by Crippen LogP contribution is -2.27. The van der Waals surface area contributed by atoms with Gasteiger partial charge in [-0.05, 0) is 41.5 Å². The topological polar surface area (TPSA) is 90.4 Å². The summed E-state index contributed by atoms with van der Waals surface area (Å²) in [6.45, 7) is 3.91. The molecule has 7 heteroatoms. The van der Waals surface area contributed by atoms with Crippen molar-refractivity contribution in [3.8, 4) is 5.75 Å². The molecule has 2 aromatic rings. The highest BCUT2D eigenvalue weighted by molar-refractivity contribution is 6.31. The molecule has 0 heterocycles. The molecule has 0 aliphatic rings. The smallest absolute Gasteiger partial charge is 0.250 e. The zero-order valence-electron chi connectivity index (χ0n) is 15.1. The van der Waals surface area contributed by atoms with Gasteiger partial charge < -0.3 is 21.5 Å². The van der Waals surface area contributed by atoms with Crippen LogP contribution in [0, 0.1) is 5.82 Å². The van der Waals surface area contributed by atoms with Crippen molar-refractivity contribution in [2.75, 3.05) is 6.61 Å². The van der Waals surface area contributed by atoms with Gasteiger partial charge in [-0.1, -0.05) is 42.4 Å². The number of amides is 1. The SMILES string of the molecule is C=C(N)c1ccc(CNC(=O)/C(=C/C(Cl)=C\N)COc2ccc(F)cc2)cc1. The van der Waals surface area contributed by atoms with Gasteiger partial charge in [0.1, 0.15) is 18.2 Å². The van der Waals surface area contributed by atoms with Crippen LogP contribution in [0.2, 0.25) is 0 Å². The third-order valence-corrected chi connectivity index (χ3v) is 3.98. The molecular formula is C21H21ClFN3O2. The Hall–Kier alpha value is -3.25. The highest BCUT2D eigenvalue weighted by Gasteiger charge is 2.11. The van der Waals surface area contributed by atoms with Crippen molar-refractivity contribution in [3.05, 3.63) is 94.9 Å². The van der Waals surface area contributed by atoms with E-state index in [1.165, 1.54) is 36.5 Å². The molecule has 0 aliphatic carbocycles. The van der Waals surface area contributed by atoms with E-state index in [9.17, 15) is 9.18 Å². The molecule has 28 heavy (non-hydrogen) atoms. The molecule has 2 rings (SSSR count). The molecule has 5 nitrogen and oxygen atoms in total. The Labute approximate surface area is 168 Å². The Morgan fingerprint density at radius 2 is 1.82 bits per heavy atom. The summed E-state index contributed by atoms with van der Waals surface area (Å²) in [6, 6.07) is 12.8. The number of rotatable bonds is 8. The zero-order chi connectivity index (χ0) is 20.5. The highest BCUT2D eigenvalue weighted by atomic mass is 35.5. The molecule has 0 atom stereocenters. The quantitative estimate of drug-likeness (QED) is 0.467. The van der Waals surface area contributed by atoms with Gasteiger partial charge in [-0.2, -0.15) is 0 Å². The third-order valence-electron chi connectivity index (χ3n) is 3.75. The number of halogens is 2. The standard InChI is InChI=1S/C21H21ClFN3O2/c1-14(25)16-4-2-15(3-5-16)12-26-21(27)17(10-18(22)11-24)13-28-20-8-6-19(23)7-9-20/h2-11H,1,12-13,24-25H2,(H,26,27)/b17-10+,18-11+. The van der Waals surface area contributed by atoms with Crippen LogP contribution in [0.15, 0.2) is 78.0 Å². The number of carbonyl (C=O) groups is 1. The molecule has 0 aromatic heterocycles. The molecule has 0 radical (unpaired) electrons. The van der Waals surface area contributed by atoms with Crippen molar-refractivity contribution in [2.24, 2.45) is 11.5 Å². The van der Waals surface area contributed by atoms with Crippen molar-refractivity contribution in [3.63, 3.8) is 0 Å². The molecule has 0 fully saturated rings. The van der Waals surface area contributed by atoms with Crippen LogP contribution in [-0.2, 0) is 11.3 Å². The van der Waals surface area contributed by atoms with Crippen molar-refractivity contribution in [2.45, 2.75) is 6.54 Å². The fourth-order valence-electron chi connectivity index (χ4n) is 2.21. The maximum absolute atomic E-state index is 13.0. The first-order chi connectivity index (χ1) is 13.4. The van der Waals surface area contributed by atoms with Crippen LogP contribution in [-0.4, -0.2) is 12.5 Å². The van der Waals surface area contributed by atoms with Crippen molar-refractivity contribution in [1.29, 1.82) is 0 Å². The van der Waals surface area contributed by atoms with Crippen LogP contribution in [0.5, 0.6) is 5.75 Å². The number of allylic oxidation sites excluding steroid dienone is 2. The molecule has 5 N–H and O–H groups in total. The number of hydrogen-bond acceptors (Lipinski definition) is 4. The summed E-state index contributed by atoms with van der Waals surface area (Å²) in [5.41, 5.74) is 13.5. The molecule has 146 valence electrons. The molecule has 0 aliphatic heterocycles. The second kappa shape index (κ2) is 10.2. The van der Waals surface area contributed by atoms with Crippen LogP contribution >= 0.6 is 11.6 Å². The molecule has 0 unspecified atom stereocenters. The average Bonchev–Trinajstić information content (AvgIpc) is 2.70. The lowest BCUT2D eigenvalue weighted by atomic mass is 10.1. The predicted octanol–water partition coefficient (Wildman–Crippen LogP) is 3.42. The Kier molecular flexibility index (Phi) is 7.65. The summed E-state index contributed by atoms with van der Waals surface area (Å²) < 4.78 is 18.5. The van der Waals surface area contributed by atoms with Crippen LogP contribution < -0.4 is 21.5 Å². The van der Waals surface area contributed by atoms with E-state index in [2.05, 4.69) is 11.9 Å². The number of benzene rings is 2. The minimum absolute atomic E-state index is 0.0620. The monoisotopic (exact) mass is 401 g/mol. The molecule has 2 aromatic carbocycles. The Morgan fingerprint density at radius 3 is 2.39 bits per heavy atom. The van der Waals surface area contributed by atoms with Gasteiger partial charge in [-0.15, -0.1) is 0 Å². The van der Waals surface area contributed by atoms with Gasteiger partial charge in [0.05, 0.1) is 10.6 Å². The van der Waals surface area contributed by atoms with Crippen LogP contribution in [0.25, 0.3) is 5.70 Å². The predicted molar refractivity (Wildman–Crippen MR) is 110 cm³/mol. The number of carbonyl (C=O) groups excluding carboxylic acids is 1. The number of hydrogen-bond donors (Lipinski definition) is 3. The van der Waals surface area contributed by atoms with E-state index in [0.717, 1.165) is 11.1 Å². The minimum atomic E-state index is -0.376. The lowest BCUT2D eigenvalue weighted by Gasteiger charge is -2.11. The number of nitrogens with one attached hydrogen (secondary N) is 1. The number of nitrogens with two attached hydrogens (primary N) is 2.